The van der Waals surface area contributed by atoms with Gasteiger partial charge in [-0.3, -0.25) is 15.0 Å². The summed E-state index contributed by atoms with van der Waals surface area (Å²) in [7, 11) is 1.50. The predicted molar refractivity (Wildman–Crippen MR) is 79.5 cm³/mol. The molecule has 116 valence electrons. The maximum Gasteiger partial charge on any atom is 0.321 e. The molecule has 2 atom stereocenters. The summed E-state index contributed by atoms with van der Waals surface area (Å²) in [6.45, 7) is 9.00. The molecule has 1 fully saturated rings. The van der Waals surface area contributed by atoms with Crippen LogP contribution >= 0.6 is 0 Å². The van der Waals surface area contributed by atoms with Crippen molar-refractivity contribution in [2.24, 2.45) is 5.92 Å². The summed E-state index contributed by atoms with van der Waals surface area (Å²) < 4.78 is 0. The molecular weight excluding hydrogens is 256 g/mol. The summed E-state index contributed by atoms with van der Waals surface area (Å²) in [4.78, 5) is 25.5. The van der Waals surface area contributed by atoms with Gasteiger partial charge in [0.05, 0.1) is 6.04 Å². The third-order valence-electron chi connectivity index (χ3n) is 3.87. The Morgan fingerprint density at radius 1 is 1.35 bits per heavy atom. The molecule has 0 aliphatic carbocycles. The zero-order chi connectivity index (χ0) is 15.1. The monoisotopic (exact) mass is 284 g/mol. The highest BCUT2D eigenvalue weighted by Gasteiger charge is 2.27. The summed E-state index contributed by atoms with van der Waals surface area (Å²) in [5.74, 6) is 0.322. The number of carbonyl (C=O) groups is 2. The molecule has 1 aliphatic heterocycles. The van der Waals surface area contributed by atoms with E-state index in [1.807, 2.05) is 6.92 Å². The minimum atomic E-state index is -0.454. The minimum absolute atomic E-state index is 0.248. The van der Waals surface area contributed by atoms with Gasteiger partial charge in [-0.1, -0.05) is 0 Å². The van der Waals surface area contributed by atoms with Crippen LogP contribution < -0.4 is 16.0 Å². The molecule has 1 heterocycles. The first kappa shape index (κ1) is 16.9. The number of nitrogens with one attached hydrogen (secondary N) is 3. The number of hydrogen-bond acceptors (Lipinski definition) is 4. The van der Waals surface area contributed by atoms with Gasteiger partial charge in [0.25, 0.3) is 0 Å². The maximum absolute atomic E-state index is 12.1. The molecule has 0 bridgehead atoms. The van der Waals surface area contributed by atoms with Crippen molar-refractivity contribution < 1.29 is 9.59 Å². The van der Waals surface area contributed by atoms with Crippen LogP contribution in [0, 0.1) is 5.92 Å². The van der Waals surface area contributed by atoms with E-state index in [9.17, 15) is 9.59 Å². The smallest absolute Gasteiger partial charge is 0.321 e. The highest BCUT2D eigenvalue weighted by molar-refractivity contribution is 5.96. The van der Waals surface area contributed by atoms with Crippen LogP contribution in [0.15, 0.2) is 0 Å². The molecule has 1 rings (SSSR count). The van der Waals surface area contributed by atoms with E-state index in [2.05, 4.69) is 34.7 Å². The average Bonchev–Trinajstić information content (AvgIpc) is 2.44. The Morgan fingerprint density at radius 3 is 2.55 bits per heavy atom. The molecule has 3 N–H and O–H groups in total. The molecule has 0 saturated carbocycles. The lowest BCUT2D eigenvalue weighted by Crippen LogP contribution is -2.53. The molecule has 20 heavy (non-hydrogen) atoms. The molecule has 6 heteroatoms. The van der Waals surface area contributed by atoms with E-state index in [4.69, 9.17) is 0 Å². The van der Waals surface area contributed by atoms with E-state index in [-0.39, 0.29) is 18.0 Å². The van der Waals surface area contributed by atoms with Gasteiger partial charge in [0.15, 0.2) is 0 Å². The van der Waals surface area contributed by atoms with Crippen molar-refractivity contribution in [1.29, 1.82) is 0 Å². The van der Waals surface area contributed by atoms with Gasteiger partial charge in [-0.25, -0.2) is 4.79 Å². The van der Waals surface area contributed by atoms with E-state index in [1.54, 1.807) is 0 Å². The predicted octanol–water partition coefficient (Wildman–Crippen LogP) is 0.541. The van der Waals surface area contributed by atoms with Gasteiger partial charge in [0.1, 0.15) is 0 Å². The van der Waals surface area contributed by atoms with Crippen LogP contribution in [0.25, 0.3) is 0 Å². The molecule has 6 nitrogen and oxygen atoms in total. The first-order valence-corrected chi connectivity index (χ1v) is 7.44. The topological polar surface area (TPSA) is 73.5 Å². The van der Waals surface area contributed by atoms with E-state index in [0.29, 0.717) is 5.92 Å². The fourth-order valence-corrected chi connectivity index (χ4v) is 2.62. The van der Waals surface area contributed by atoms with Crippen LogP contribution in [0.2, 0.25) is 0 Å². The Labute approximate surface area is 121 Å². The Morgan fingerprint density at radius 2 is 2.05 bits per heavy atom. The quantitative estimate of drug-likeness (QED) is 0.689. The van der Waals surface area contributed by atoms with Crippen LogP contribution in [0.5, 0.6) is 0 Å². The second kappa shape index (κ2) is 8.21. The number of carbonyl (C=O) groups excluding carboxylic acids is 2. The molecule has 2 unspecified atom stereocenters. The molecule has 1 saturated heterocycles. The largest absolute Gasteiger partial charge is 0.341 e. The number of urea groups is 1. The molecule has 0 aromatic rings. The van der Waals surface area contributed by atoms with E-state index in [1.165, 1.54) is 19.9 Å². The van der Waals surface area contributed by atoms with Crippen molar-refractivity contribution in [1.82, 2.24) is 20.9 Å². The zero-order valence-corrected chi connectivity index (χ0v) is 13.0. The van der Waals surface area contributed by atoms with Crippen molar-refractivity contribution in [2.45, 2.75) is 45.7 Å². The number of piperidine rings is 1. The number of hydrogen-bond donors (Lipinski definition) is 3. The molecular formula is C14H28N4O2. The Balaban J connectivity index is 2.59. The highest BCUT2D eigenvalue weighted by atomic mass is 16.2. The SMILES string of the molecule is CNC(=O)NC(=O)C(C)N(CC1CCCNC1)C(C)C. The van der Waals surface area contributed by atoms with Crippen molar-refractivity contribution in [3.8, 4) is 0 Å². The zero-order valence-electron chi connectivity index (χ0n) is 13.0. The third kappa shape index (κ3) is 5.09. The number of nitrogens with zero attached hydrogens (tertiary/aromatic N) is 1. The normalized spacial score (nSPS) is 20.8. The lowest BCUT2D eigenvalue weighted by atomic mass is 9.97. The van der Waals surface area contributed by atoms with Gasteiger partial charge >= 0.3 is 6.03 Å². The summed E-state index contributed by atoms with van der Waals surface area (Å²) in [6, 6.07) is -0.499. The van der Waals surface area contributed by atoms with Crippen molar-refractivity contribution in [3.05, 3.63) is 0 Å². The van der Waals surface area contributed by atoms with E-state index in [0.717, 1.165) is 19.6 Å². The molecule has 0 aromatic carbocycles. The Bertz CT molecular complexity index is 327. The summed E-state index contributed by atoms with van der Waals surface area (Å²) >= 11 is 0. The Kier molecular flexibility index (Phi) is 6.95. The fourth-order valence-electron chi connectivity index (χ4n) is 2.62. The van der Waals surface area contributed by atoms with Gasteiger partial charge < -0.3 is 10.6 Å². The lowest BCUT2D eigenvalue weighted by molar-refractivity contribution is -0.125. The van der Waals surface area contributed by atoms with Crippen molar-refractivity contribution in [2.75, 3.05) is 26.7 Å². The molecule has 0 spiro atoms. The molecule has 0 aromatic heterocycles. The Hall–Kier alpha value is -1.14. The lowest BCUT2D eigenvalue weighted by Gasteiger charge is -2.36. The molecule has 3 amide bonds. The van der Waals surface area contributed by atoms with Crippen molar-refractivity contribution >= 4 is 11.9 Å². The van der Waals surface area contributed by atoms with Gasteiger partial charge in [0, 0.05) is 19.6 Å². The average molecular weight is 284 g/mol. The second-order valence-electron chi connectivity index (χ2n) is 5.75. The molecule has 0 radical (unpaired) electrons. The maximum atomic E-state index is 12.1. The summed E-state index contributed by atoms with van der Waals surface area (Å²) in [5, 5.41) is 8.15. The van der Waals surface area contributed by atoms with Gasteiger partial charge in [-0.15, -0.1) is 0 Å². The number of amides is 3. The van der Waals surface area contributed by atoms with E-state index >= 15 is 0 Å². The van der Waals surface area contributed by atoms with Crippen LogP contribution in [-0.4, -0.2) is 55.6 Å². The number of imide groups is 1. The van der Waals surface area contributed by atoms with Gasteiger partial charge in [-0.2, -0.15) is 0 Å². The summed E-state index contributed by atoms with van der Waals surface area (Å²) in [5.41, 5.74) is 0. The van der Waals surface area contributed by atoms with E-state index < -0.39 is 6.03 Å². The minimum Gasteiger partial charge on any atom is -0.341 e. The molecule has 1 aliphatic rings. The van der Waals surface area contributed by atoms with Crippen LogP contribution in [0.3, 0.4) is 0 Å². The first-order chi connectivity index (χ1) is 9.45. The highest BCUT2D eigenvalue weighted by Crippen LogP contribution is 2.16. The summed E-state index contributed by atoms with van der Waals surface area (Å²) in [6.07, 6.45) is 2.38. The first-order valence-electron chi connectivity index (χ1n) is 7.44. The number of rotatable bonds is 5. The van der Waals surface area contributed by atoms with Crippen LogP contribution in [0.1, 0.15) is 33.6 Å². The van der Waals surface area contributed by atoms with Crippen LogP contribution in [-0.2, 0) is 4.79 Å². The fraction of sp³-hybridized carbons (Fsp3) is 0.857. The second-order valence-corrected chi connectivity index (χ2v) is 5.75. The third-order valence-corrected chi connectivity index (χ3v) is 3.87. The standard InChI is InChI=1S/C14H28N4O2/c1-10(2)18(9-12-6-5-7-16-8-12)11(3)13(19)17-14(20)15-4/h10-12,16H,5-9H2,1-4H3,(H2,15,17,19,20). The van der Waals surface area contributed by atoms with Gasteiger partial charge in [0.2, 0.25) is 5.91 Å². The van der Waals surface area contributed by atoms with Gasteiger partial charge in [-0.05, 0) is 52.6 Å². The van der Waals surface area contributed by atoms with Crippen molar-refractivity contribution in [3.63, 3.8) is 0 Å². The van der Waals surface area contributed by atoms with Crippen LogP contribution in [0.4, 0.5) is 4.79 Å².